The van der Waals surface area contributed by atoms with Crippen molar-refractivity contribution < 1.29 is 0 Å². The lowest BCUT2D eigenvalue weighted by Crippen LogP contribution is -2.15. The lowest BCUT2D eigenvalue weighted by molar-refractivity contribution is 0.858. The second kappa shape index (κ2) is 3.52. The van der Waals surface area contributed by atoms with E-state index < -0.39 is 0 Å². The highest BCUT2D eigenvalue weighted by Gasteiger charge is 2.09. The Labute approximate surface area is 97.3 Å². The van der Waals surface area contributed by atoms with Crippen LogP contribution in [0.3, 0.4) is 0 Å². The van der Waals surface area contributed by atoms with E-state index in [2.05, 4.69) is 5.10 Å². The van der Waals surface area contributed by atoms with Crippen molar-refractivity contribution in [2.45, 2.75) is 0 Å². The normalized spacial score (nSPS) is 10.8. The molecule has 4 nitrogen and oxygen atoms in total. The Kier molecular flexibility index (Phi) is 2.01. The van der Waals surface area contributed by atoms with Crippen molar-refractivity contribution >= 4 is 16.5 Å². The van der Waals surface area contributed by atoms with Crippen LogP contribution in [0.4, 0.5) is 5.69 Å². The zero-order chi connectivity index (χ0) is 11.8. The van der Waals surface area contributed by atoms with Crippen molar-refractivity contribution in [2.75, 3.05) is 5.73 Å². The molecule has 3 N–H and O–H groups in total. The molecule has 0 aliphatic heterocycles. The van der Waals surface area contributed by atoms with Crippen molar-refractivity contribution in [1.82, 2.24) is 9.78 Å². The molecule has 1 aromatic heterocycles. The molecule has 0 aliphatic carbocycles. The van der Waals surface area contributed by atoms with Gasteiger partial charge in [0.05, 0.1) is 11.4 Å². The van der Waals surface area contributed by atoms with Crippen molar-refractivity contribution in [1.29, 1.82) is 0 Å². The number of hydrogen-bond acceptors (Lipinski definition) is 2. The average Bonchev–Trinajstić information content (AvgIpc) is 2.75. The van der Waals surface area contributed by atoms with Crippen LogP contribution in [-0.4, -0.2) is 9.78 Å². The van der Waals surface area contributed by atoms with Gasteiger partial charge in [-0.2, -0.15) is 0 Å². The number of anilines is 1. The molecule has 2 aromatic carbocycles. The molecule has 3 rings (SSSR count). The minimum Gasteiger partial charge on any atom is -0.397 e. The highest BCUT2D eigenvalue weighted by molar-refractivity contribution is 5.94. The standard InChI is InChI=1S/C13H11N3O/c14-11-6-5-9-3-1-2-4-10(9)13(11)16-12(17)7-8-15-16/h1-8,15H,14H2. The summed E-state index contributed by atoms with van der Waals surface area (Å²) >= 11 is 0. The van der Waals surface area contributed by atoms with E-state index in [0.29, 0.717) is 11.4 Å². The second-order valence-electron chi connectivity index (χ2n) is 3.86. The summed E-state index contributed by atoms with van der Waals surface area (Å²) in [5.74, 6) is 0. The predicted molar refractivity (Wildman–Crippen MR) is 68.3 cm³/mol. The Morgan fingerprint density at radius 1 is 1.06 bits per heavy atom. The molecule has 0 saturated carbocycles. The van der Waals surface area contributed by atoms with Crippen LogP contribution >= 0.6 is 0 Å². The minimum atomic E-state index is -0.118. The van der Waals surface area contributed by atoms with Crippen LogP contribution in [0.5, 0.6) is 0 Å². The van der Waals surface area contributed by atoms with Gasteiger partial charge in [-0.15, -0.1) is 0 Å². The molecule has 0 bridgehead atoms. The zero-order valence-corrected chi connectivity index (χ0v) is 9.05. The summed E-state index contributed by atoms with van der Waals surface area (Å²) in [7, 11) is 0. The smallest absolute Gasteiger partial charge is 0.271 e. The van der Waals surface area contributed by atoms with Crippen molar-refractivity contribution in [3.05, 3.63) is 59.0 Å². The maximum atomic E-state index is 11.7. The van der Waals surface area contributed by atoms with Crippen LogP contribution in [0.2, 0.25) is 0 Å². The molecule has 0 saturated heterocycles. The molecule has 84 valence electrons. The summed E-state index contributed by atoms with van der Waals surface area (Å²) in [6, 6.07) is 13.1. The third-order valence-corrected chi connectivity index (χ3v) is 2.81. The molecule has 17 heavy (non-hydrogen) atoms. The minimum absolute atomic E-state index is 0.118. The molecule has 1 heterocycles. The molecule has 3 aromatic rings. The number of nitrogens with two attached hydrogens (primary N) is 1. The first-order chi connectivity index (χ1) is 8.27. The van der Waals surface area contributed by atoms with E-state index in [1.165, 1.54) is 10.7 Å². The van der Waals surface area contributed by atoms with Crippen LogP contribution in [0.25, 0.3) is 16.5 Å². The van der Waals surface area contributed by atoms with E-state index in [0.717, 1.165) is 10.8 Å². The summed E-state index contributed by atoms with van der Waals surface area (Å²) < 4.78 is 1.46. The van der Waals surface area contributed by atoms with Gasteiger partial charge in [0.2, 0.25) is 0 Å². The number of hydrogen-bond donors (Lipinski definition) is 2. The number of aromatic amines is 1. The molecule has 0 fully saturated rings. The highest BCUT2D eigenvalue weighted by atomic mass is 16.1. The Hall–Kier alpha value is -2.49. The Morgan fingerprint density at radius 2 is 1.88 bits per heavy atom. The summed E-state index contributed by atoms with van der Waals surface area (Å²) in [4.78, 5) is 11.7. The Balaban J connectivity index is 2.47. The predicted octanol–water partition coefficient (Wildman–Crippen LogP) is 1.90. The first-order valence-electron chi connectivity index (χ1n) is 5.31. The van der Waals surface area contributed by atoms with Gasteiger partial charge in [-0.3, -0.25) is 9.89 Å². The topological polar surface area (TPSA) is 63.8 Å². The van der Waals surface area contributed by atoms with Crippen LogP contribution in [0, 0.1) is 0 Å². The van der Waals surface area contributed by atoms with E-state index >= 15 is 0 Å². The van der Waals surface area contributed by atoms with Crippen LogP contribution in [-0.2, 0) is 0 Å². The van der Waals surface area contributed by atoms with Gasteiger partial charge in [0.15, 0.2) is 0 Å². The molecule has 0 radical (unpaired) electrons. The number of aromatic nitrogens is 2. The Bertz CT molecular complexity index is 740. The molecule has 0 amide bonds. The van der Waals surface area contributed by atoms with Gasteiger partial charge in [-0.05, 0) is 11.5 Å². The quantitative estimate of drug-likeness (QED) is 0.621. The second-order valence-corrected chi connectivity index (χ2v) is 3.86. The van der Waals surface area contributed by atoms with Gasteiger partial charge in [0.1, 0.15) is 0 Å². The molecular weight excluding hydrogens is 214 g/mol. The summed E-state index contributed by atoms with van der Waals surface area (Å²) in [6.07, 6.45) is 1.60. The average molecular weight is 225 g/mol. The van der Waals surface area contributed by atoms with E-state index in [4.69, 9.17) is 5.73 Å². The first kappa shape index (κ1) is 9.72. The maximum Gasteiger partial charge on any atom is 0.271 e. The molecule has 0 unspecified atom stereocenters. The number of rotatable bonds is 1. The fourth-order valence-corrected chi connectivity index (χ4v) is 2.02. The van der Waals surface area contributed by atoms with Crippen LogP contribution < -0.4 is 11.3 Å². The van der Waals surface area contributed by atoms with Crippen LogP contribution in [0.15, 0.2) is 53.5 Å². The van der Waals surface area contributed by atoms with Crippen molar-refractivity contribution in [2.24, 2.45) is 0 Å². The fraction of sp³-hybridized carbons (Fsp3) is 0. The summed E-state index contributed by atoms with van der Waals surface area (Å²) in [5.41, 5.74) is 7.13. The monoisotopic (exact) mass is 225 g/mol. The zero-order valence-electron chi connectivity index (χ0n) is 9.05. The summed E-state index contributed by atoms with van der Waals surface area (Å²) in [6.45, 7) is 0. The van der Waals surface area contributed by atoms with Gasteiger partial charge in [0.25, 0.3) is 5.56 Å². The first-order valence-corrected chi connectivity index (χ1v) is 5.31. The van der Waals surface area contributed by atoms with E-state index in [1.807, 2.05) is 36.4 Å². The number of nitrogens with zero attached hydrogens (tertiary/aromatic N) is 1. The number of benzene rings is 2. The lowest BCUT2D eigenvalue weighted by atomic mass is 10.1. The highest BCUT2D eigenvalue weighted by Crippen LogP contribution is 2.26. The van der Waals surface area contributed by atoms with Gasteiger partial charge >= 0.3 is 0 Å². The van der Waals surface area contributed by atoms with E-state index in [-0.39, 0.29) is 5.56 Å². The largest absolute Gasteiger partial charge is 0.397 e. The lowest BCUT2D eigenvalue weighted by Gasteiger charge is -2.09. The number of H-pyrrole nitrogens is 1. The molecule has 0 spiro atoms. The fourth-order valence-electron chi connectivity index (χ4n) is 2.02. The molecule has 0 atom stereocenters. The van der Waals surface area contributed by atoms with Gasteiger partial charge in [-0.25, -0.2) is 4.68 Å². The number of nitrogen functional groups attached to an aromatic ring is 1. The van der Waals surface area contributed by atoms with Gasteiger partial charge in [-0.1, -0.05) is 30.3 Å². The Morgan fingerprint density at radius 3 is 2.65 bits per heavy atom. The van der Waals surface area contributed by atoms with E-state index in [9.17, 15) is 4.79 Å². The van der Waals surface area contributed by atoms with E-state index in [1.54, 1.807) is 6.20 Å². The maximum absolute atomic E-state index is 11.7. The third-order valence-electron chi connectivity index (χ3n) is 2.81. The number of nitrogens with one attached hydrogen (secondary N) is 1. The molecular formula is C13H11N3O. The van der Waals surface area contributed by atoms with Crippen molar-refractivity contribution in [3.63, 3.8) is 0 Å². The van der Waals surface area contributed by atoms with Gasteiger partial charge in [0, 0.05) is 17.6 Å². The van der Waals surface area contributed by atoms with Crippen molar-refractivity contribution in [3.8, 4) is 5.69 Å². The third kappa shape index (κ3) is 1.42. The van der Waals surface area contributed by atoms with Gasteiger partial charge < -0.3 is 5.73 Å². The number of fused-ring (bicyclic) bond motifs is 1. The van der Waals surface area contributed by atoms with Crippen LogP contribution in [0.1, 0.15) is 0 Å². The molecule has 4 heteroatoms. The summed E-state index contributed by atoms with van der Waals surface area (Å²) in [5, 5.41) is 4.89. The SMILES string of the molecule is Nc1ccc2ccccc2c1-n1[nH]ccc1=O. The molecule has 0 aliphatic rings.